The zero-order chi connectivity index (χ0) is 23.9. The van der Waals surface area contributed by atoms with Gasteiger partial charge in [0.2, 0.25) is 0 Å². The third kappa shape index (κ3) is 4.72. The van der Waals surface area contributed by atoms with Crippen molar-refractivity contribution in [2.75, 3.05) is 31.2 Å². The molecule has 3 aromatic rings. The third-order valence-electron chi connectivity index (χ3n) is 5.77. The van der Waals surface area contributed by atoms with Gasteiger partial charge in [0.1, 0.15) is 23.9 Å². The number of halogens is 3. The average molecular weight is 462 g/mol. The quantitative estimate of drug-likeness (QED) is 0.562. The van der Waals surface area contributed by atoms with Gasteiger partial charge in [-0.2, -0.15) is 13.2 Å². The molecule has 4 rings (SSSR count). The number of nitrogens with two attached hydrogens (primary N) is 1. The number of likely N-dealkylation sites (tertiary alicyclic amines) is 1. The summed E-state index contributed by atoms with van der Waals surface area (Å²) in [5, 5.41) is 3.65. The first-order valence-electron chi connectivity index (χ1n) is 10.5. The fourth-order valence-electron chi connectivity index (χ4n) is 3.99. The first-order valence-corrected chi connectivity index (χ1v) is 10.5. The van der Waals surface area contributed by atoms with Crippen molar-refractivity contribution >= 4 is 22.5 Å². The molecule has 0 aliphatic carbocycles. The molecule has 8 nitrogen and oxygen atoms in total. The molecule has 0 amide bonds. The van der Waals surface area contributed by atoms with Crippen LogP contribution in [0.3, 0.4) is 0 Å². The van der Waals surface area contributed by atoms with Gasteiger partial charge in [0, 0.05) is 31.9 Å². The van der Waals surface area contributed by atoms with Gasteiger partial charge in [0.05, 0.1) is 17.0 Å². The number of benzene rings is 1. The Morgan fingerprint density at radius 3 is 2.64 bits per heavy atom. The maximum absolute atomic E-state index is 13.2. The van der Waals surface area contributed by atoms with Gasteiger partial charge in [-0.1, -0.05) is 0 Å². The Labute approximate surface area is 188 Å². The summed E-state index contributed by atoms with van der Waals surface area (Å²) >= 11 is 0. The second-order valence-corrected chi connectivity index (χ2v) is 8.38. The Hall–Kier alpha value is -3.34. The van der Waals surface area contributed by atoms with Crippen LogP contribution in [0.25, 0.3) is 11.0 Å². The summed E-state index contributed by atoms with van der Waals surface area (Å²) in [4.78, 5) is 23.4. The lowest BCUT2D eigenvalue weighted by Crippen LogP contribution is -2.27. The number of nitrogen functional groups attached to an aromatic ring is 1. The minimum absolute atomic E-state index is 0.0145. The second kappa shape index (κ2) is 8.54. The van der Waals surface area contributed by atoms with Crippen LogP contribution in [0.4, 0.5) is 24.7 Å². The van der Waals surface area contributed by atoms with Gasteiger partial charge in [0.15, 0.2) is 5.75 Å². The maximum atomic E-state index is 13.2. The Morgan fingerprint density at radius 1 is 1.21 bits per heavy atom. The predicted octanol–water partition coefficient (Wildman–Crippen LogP) is 3.19. The highest BCUT2D eigenvalue weighted by atomic mass is 19.4. The molecule has 11 heteroatoms. The van der Waals surface area contributed by atoms with E-state index in [0.29, 0.717) is 29.0 Å². The zero-order valence-electron chi connectivity index (χ0n) is 18.5. The SMILES string of the molecule is C[C@@H](Nc1ncnc2c1cc(O[C@H]1CCN(C)C1)c(=O)n2C)c1cc(N)cc(C(F)(F)F)c1. The number of fused-ring (bicyclic) bond motifs is 1. The first kappa shape index (κ1) is 22.8. The molecule has 0 spiro atoms. The van der Waals surface area contributed by atoms with Crippen LogP contribution in [0, 0.1) is 0 Å². The van der Waals surface area contributed by atoms with Crippen LogP contribution in [0.5, 0.6) is 5.75 Å². The van der Waals surface area contributed by atoms with Crippen LogP contribution in [-0.2, 0) is 13.2 Å². The number of hydrogen-bond donors (Lipinski definition) is 2. The summed E-state index contributed by atoms with van der Waals surface area (Å²) in [5.41, 5.74) is 5.31. The number of nitrogens with zero attached hydrogens (tertiary/aromatic N) is 4. The molecule has 2 atom stereocenters. The van der Waals surface area contributed by atoms with Crippen molar-refractivity contribution in [3.05, 3.63) is 52.1 Å². The molecule has 3 N–H and O–H groups in total. The molecular formula is C22H25F3N6O2. The van der Waals surface area contributed by atoms with E-state index in [-0.39, 0.29) is 23.1 Å². The zero-order valence-corrected chi connectivity index (χ0v) is 18.5. The van der Waals surface area contributed by atoms with Gasteiger partial charge in [0.25, 0.3) is 5.56 Å². The molecule has 33 heavy (non-hydrogen) atoms. The van der Waals surface area contributed by atoms with Crippen LogP contribution < -0.4 is 21.3 Å². The molecule has 0 radical (unpaired) electrons. The number of aromatic nitrogens is 3. The number of anilines is 2. The summed E-state index contributed by atoms with van der Waals surface area (Å²) in [6.45, 7) is 3.30. The number of hydrogen-bond acceptors (Lipinski definition) is 7. The predicted molar refractivity (Wildman–Crippen MR) is 119 cm³/mol. The minimum Gasteiger partial charge on any atom is -0.483 e. The van der Waals surface area contributed by atoms with Crippen molar-refractivity contribution in [3.8, 4) is 5.75 Å². The molecule has 0 unspecified atom stereocenters. The molecule has 1 aliphatic heterocycles. The molecule has 0 saturated carbocycles. The summed E-state index contributed by atoms with van der Waals surface area (Å²) in [6.07, 6.45) is -2.51. The van der Waals surface area contributed by atoms with E-state index in [4.69, 9.17) is 10.5 Å². The Kier molecular flexibility index (Phi) is 5.91. The van der Waals surface area contributed by atoms with Crippen molar-refractivity contribution in [2.24, 2.45) is 7.05 Å². The molecule has 3 heterocycles. The topological polar surface area (TPSA) is 98.3 Å². The molecular weight excluding hydrogens is 437 g/mol. The van der Waals surface area contributed by atoms with Crippen molar-refractivity contribution in [1.82, 2.24) is 19.4 Å². The van der Waals surface area contributed by atoms with E-state index in [1.54, 1.807) is 20.0 Å². The van der Waals surface area contributed by atoms with E-state index in [2.05, 4.69) is 20.2 Å². The van der Waals surface area contributed by atoms with Crippen LogP contribution in [0.2, 0.25) is 0 Å². The average Bonchev–Trinajstić information content (AvgIpc) is 3.16. The van der Waals surface area contributed by atoms with Crippen molar-refractivity contribution in [3.63, 3.8) is 0 Å². The van der Waals surface area contributed by atoms with Gasteiger partial charge in [-0.05, 0) is 44.2 Å². The van der Waals surface area contributed by atoms with E-state index in [1.807, 2.05) is 7.05 Å². The molecule has 1 aromatic carbocycles. The van der Waals surface area contributed by atoms with Crippen LogP contribution in [0.15, 0.2) is 35.4 Å². The van der Waals surface area contributed by atoms with Gasteiger partial charge >= 0.3 is 6.18 Å². The second-order valence-electron chi connectivity index (χ2n) is 8.38. The monoisotopic (exact) mass is 462 g/mol. The van der Waals surface area contributed by atoms with E-state index in [9.17, 15) is 18.0 Å². The number of nitrogens with one attached hydrogen (secondary N) is 1. The van der Waals surface area contributed by atoms with Crippen molar-refractivity contribution in [2.45, 2.75) is 31.7 Å². The molecule has 1 aliphatic rings. The number of aryl methyl sites for hydroxylation is 1. The molecule has 1 fully saturated rings. The highest BCUT2D eigenvalue weighted by Gasteiger charge is 2.31. The Morgan fingerprint density at radius 2 is 1.97 bits per heavy atom. The fraction of sp³-hybridized carbons (Fsp3) is 0.409. The van der Waals surface area contributed by atoms with Gasteiger partial charge < -0.3 is 20.7 Å². The summed E-state index contributed by atoms with van der Waals surface area (Å²) in [5.74, 6) is 0.548. The number of likely N-dealkylation sites (N-methyl/N-ethyl adjacent to an activating group) is 1. The number of rotatable bonds is 5. The fourth-order valence-corrected chi connectivity index (χ4v) is 3.99. The smallest absolute Gasteiger partial charge is 0.416 e. The lowest BCUT2D eigenvalue weighted by atomic mass is 10.0. The molecule has 1 saturated heterocycles. The van der Waals surface area contributed by atoms with E-state index in [1.165, 1.54) is 17.0 Å². The largest absolute Gasteiger partial charge is 0.483 e. The van der Waals surface area contributed by atoms with E-state index in [0.717, 1.165) is 25.1 Å². The number of pyridine rings is 1. The maximum Gasteiger partial charge on any atom is 0.416 e. The van der Waals surface area contributed by atoms with Gasteiger partial charge in [-0.25, -0.2) is 9.97 Å². The minimum atomic E-state index is -4.51. The normalized spacial score (nSPS) is 17.9. The molecule has 0 bridgehead atoms. The Bertz CT molecular complexity index is 1240. The molecule has 176 valence electrons. The van der Waals surface area contributed by atoms with Gasteiger partial charge in [-0.15, -0.1) is 0 Å². The van der Waals surface area contributed by atoms with E-state index < -0.39 is 17.8 Å². The number of alkyl halides is 3. The lowest BCUT2D eigenvalue weighted by Gasteiger charge is -2.19. The summed E-state index contributed by atoms with van der Waals surface area (Å²) in [6, 6.07) is 4.47. The number of ether oxygens (including phenoxy) is 1. The highest BCUT2D eigenvalue weighted by molar-refractivity contribution is 5.87. The first-order chi connectivity index (χ1) is 15.5. The van der Waals surface area contributed by atoms with Gasteiger partial charge in [-0.3, -0.25) is 9.36 Å². The van der Waals surface area contributed by atoms with Crippen molar-refractivity contribution < 1.29 is 17.9 Å². The third-order valence-corrected chi connectivity index (χ3v) is 5.77. The highest BCUT2D eigenvalue weighted by Crippen LogP contribution is 2.34. The standard InChI is InChI=1S/C22H25F3N6O2/c1-12(13-6-14(22(23,24)25)8-15(26)7-13)29-19-17-9-18(33-16-4-5-30(2)10-16)21(32)31(3)20(17)28-11-27-19/h6-9,11-12,16H,4-5,10,26H2,1-3H3,(H,27,28,29)/t12-,16+/m1/s1. The molecule has 2 aromatic heterocycles. The van der Waals surface area contributed by atoms with E-state index >= 15 is 0 Å². The van der Waals surface area contributed by atoms with Crippen molar-refractivity contribution in [1.29, 1.82) is 0 Å². The summed E-state index contributed by atoms with van der Waals surface area (Å²) in [7, 11) is 3.58. The summed E-state index contributed by atoms with van der Waals surface area (Å²) < 4.78 is 47.0. The van der Waals surface area contributed by atoms with Crippen LogP contribution in [-0.4, -0.2) is 45.7 Å². The van der Waals surface area contributed by atoms with Crippen LogP contribution >= 0.6 is 0 Å². The Balaban J connectivity index is 1.69. The lowest BCUT2D eigenvalue weighted by molar-refractivity contribution is -0.137. The van der Waals surface area contributed by atoms with Crippen LogP contribution in [0.1, 0.15) is 30.5 Å².